The van der Waals surface area contributed by atoms with Crippen molar-refractivity contribution >= 4 is 43.6 Å². The molecule has 2 aliphatic heterocycles. The van der Waals surface area contributed by atoms with Crippen LogP contribution in [0.2, 0.25) is 6.32 Å². The van der Waals surface area contributed by atoms with E-state index in [-0.39, 0.29) is 45.6 Å². The van der Waals surface area contributed by atoms with E-state index >= 15 is 0 Å². The summed E-state index contributed by atoms with van der Waals surface area (Å²) in [5.74, 6) is -2.96. The van der Waals surface area contributed by atoms with Crippen molar-refractivity contribution in [2.45, 2.75) is 222 Å². The molecule has 6 aromatic rings. The Bertz CT molecular complexity index is 4440. The van der Waals surface area contributed by atoms with Crippen LogP contribution in [0.15, 0.2) is 213 Å². The molecule has 120 heavy (non-hydrogen) atoms. The normalized spacial score (nSPS) is 23.3. The van der Waals surface area contributed by atoms with E-state index in [4.69, 9.17) is 73.5 Å². The Kier molecular flexibility index (Phi) is 44.2. The van der Waals surface area contributed by atoms with Gasteiger partial charge in [0.2, 0.25) is 0 Å². The van der Waals surface area contributed by atoms with Gasteiger partial charge in [-0.05, 0) is 118 Å². The van der Waals surface area contributed by atoms with Crippen molar-refractivity contribution in [2.75, 3.05) is 6.61 Å². The van der Waals surface area contributed by atoms with Crippen LogP contribution in [0, 0.1) is 0 Å². The zero-order chi connectivity index (χ0) is 87.7. The van der Waals surface area contributed by atoms with Gasteiger partial charge in [-0.3, -0.25) is 29.0 Å². The number of carbonyl (C=O) groups excluding carboxylic acids is 6. The van der Waals surface area contributed by atoms with Crippen molar-refractivity contribution in [1.82, 2.24) is 9.80 Å². The molecule has 38 nitrogen and oxygen atoms in total. The summed E-state index contributed by atoms with van der Waals surface area (Å²) in [4.78, 5) is 94.7. The molecule has 2 saturated carbocycles. The van der Waals surface area contributed by atoms with E-state index in [1.54, 1.807) is 23.6 Å². The average Bonchev–Trinajstić information content (AvgIpc) is 0.788. The fourth-order valence-electron chi connectivity index (χ4n) is 13.4. The van der Waals surface area contributed by atoms with E-state index in [0.717, 1.165) is 61.1 Å². The van der Waals surface area contributed by atoms with E-state index in [1.807, 2.05) is 182 Å². The topological polar surface area (TPSA) is 545 Å². The minimum absolute atomic E-state index is 0.0169. The molecule has 3 N–H and O–H groups in total. The van der Waals surface area contributed by atoms with Crippen LogP contribution >= 0.6 is 0 Å². The predicted molar refractivity (Wildman–Crippen MR) is 426 cm³/mol. The van der Waals surface area contributed by atoms with E-state index < -0.39 is 146 Å². The van der Waals surface area contributed by atoms with Gasteiger partial charge in [0.05, 0.1) is 60.5 Å². The summed E-state index contributed by atoms with van der Waals surface area (Å²) in [6, 6.07) is 49.6. The van der Waals surface area contributed by atoms with Crippen molar-refractivity contribution in [3.05, 3.63) is 278 Å². The van der Waals surface area contributed by atoms with Gasteiger partial charge >= 0.3 is 43.6 Å². The summed E-state index contributed by atoms with van der Waals surface area (Å²) in [5.41, 5.74) is 59.2. The number of hydrogen-bond donors (Lipinski definition) is 3. The van der Waals surface area contributed by atoms with Crippen molar-refractivity contribution in [2.24, 2.45) is 30.7 Å². The van der Waals surface area contributed by atoms with Gasteiger partial charge in [-0.1, -0.05) is 220 Å². The van der Waals surface area contributed by atoms with Crippen molar-refractivity contribution in [1.29, 1.82) is 0 Å². The number of halogens is 3. The maximum absolute atomic E-state index is 14.2. The first-order valence-corrected chi connectivity index (χ1v) is 37.7. The van der Waals surface area contributed by atoms with E-state index in [1.165, 1.54) is 0 Å². The maximum Gasteiger partial charge on any atom is 0.411 e. The fraction of sp³-hybridized carbons (Fsp3) is 0.462. The second-order valence-corrected chi connectivity index (χ2v) is 26.7. The van der Waals surface area contributed by atoms with E-state index in [9.17, 15) is 59.9 Å². The highest BCUT2D eigenvalue weighted by molar-refractivity contribution is 6.25. The van der Waals surface area contributed by atoms with Gasteiger partial charge < -0.3 is 62.3 Å². The van der Waals surface area contributed by atoms with Crippen LogP contribution in [-0.4, -0.2) is 173 Å². The number of rotatable bonds is 27. The summed E-state index contributed by atoms with van der Waals surface area (Å²) >= 11 is 0. The van der Waals surface area contributed by atoms with Gasteiger partial charge in [0.25, 0.3) is 0 Å². The SMILES string of the molecule is CC(=O)O[C@@H]1[C@@H](OC(C)=O)[C@H](N=[N+]=[N-])C[C@H](N=[N+]=[N-])[C@H]1O[C@H]1O[C@H]([C@@H](c2ccccc2)N(Cc2ccccc2)C(=O)OCc2ccccc2)CCC1N=[N+]=[N-].CC(=O)O[C@@H]1[C@@H](OC(C)=O)[C@H](O)[C@@H](N=[N+]=[N-])C[C@H]1N=[N+]=[N-].CCO.CC[B]F.FF.[N-]=[N+]=NC1CC[C@@H]([C@@H](c2ccccc2)N(Cc2ccccc2)C(=O)OCc2ccccc2)OC1O. The maximum atomic E-state index is 14.2. The number of aliphatic hydroxyl groups is 3. The summed E-state index contributed by atoms with van der Waals surface area (Å²) in [5, 5.41) is 50.2. The van der Waals surface area contributed by atoms with E-state index in [2.05, 4.69) is 60.2 Å². The van der Waals surface area contributed by atoms with Gasteiger partial charge in [0.15, 0.2) is 24.8 Å². The third-order valence-electron chi connectivity index (χ3n) is 18.3. The van der Waals surface area contributed by atoms with Gasteiger partial charge in [-0.25, -0.2) is 9.59 Å². The molecular formula is C78H93BF3N20O18. The highest BCUT2D eigenvalue weighted by Gasteiger charge is 2.53. The fourth-order valence-corrected chi connectivity index (χ4v) is 13.4. The zero-order valence-electron chi connectivity index (χ0n) is 66.3. The second kappa shape index (κ2) is 54.3. The molecule has 42 heteroatoms. The third-order valence-corrected chi connectivity index (χ3v) is 18.3. The summed E-state index contributed by atoms with van der Waals surface area (Å²) < 4.78 is 78.4. The molecule has 6 aromatic carbocycles. The van der Waals surface area contributed by atoms with Crippen molar-refractivity contribution in [3.63, 3.8) is 0 Å². The Balaban J connectivity index is 0.000000334. The molecule has 2 amide bonds. The molecule has 2 heterocycles. The number of nitrogens with zero attached hydrogens (tertiary/aromatic N) is 20. The number of benzene rings is 6. The van der Waals surface area contributed by atoms with Crippen LogP contribution in [0.3, 0.4) is 0 Å². The van der Waals surface area contributed by atoms with Crippen LogP contribution in [0.25, 0.3) is 62.7 Å². The monoisotopic (exact) mass is 1670 g/mol. The van der Waals surface area contributed by atoms with Crippen LogP contribution in [0.5, 0.6) is 0 Å². The van der Waals surface area contributed by atoms with Gasteiger partial charge in [0, 0.05) is 86.0 Å². The second-order valence-electron chi connectivity index (χ2n) is 26.7. The average molecular weight is 1670 g/mol. The summed E-state index contributed by atoms with van der Waals surface area (Å²) in [6.45, 7) is 8.77. The lowest BCUT2D eigenvalue weighted by atomic mass is 9.84. The lowest BCUT2D eigenvalue weighted by Gasteiger charge is -2.46. The van der Waals surface area contributed by atoms with Crippen molar-refractivity contribution < 1.29 is 100 Å². The lowest BCUT2D eigenvalue weighted by Crippen LogP contribution is -2.60. The highest BCUT2D eigenvalue weighted by atomic mass is 20.0. The highest BCUT2D eigenvalue weighted by Crippen LogP contribution is 2.41. The smallest absolute Gasteiger partial charge is 0.411 e. The standard InChI is InChI=1S/C37H40N10O8.C27H28N4O4.C10H14N6O5.C2H5BF.C2H6O.F2/c1-23(48)52-33-29(42-45-39)20-30(43-46-40)34(35(33)53-24(2)49)55-36-28(41-44-38)18-19-31(54-36)32(27-16-10-5-11-17-27)47(21-25-12-6-3-7-13-25)37(50)51-22-26-14-8-4-9-15-26;28-30-29-23-16-17-24(35-26(23)32)25(22-14-8-3-9-15-22)31(18-20-10-4-1-5-11-20)27(33)34-19-21-12-6-2-7-13-21;1-4(17)20-9-7(14-16-12)3-6(13-15-11)8(19)10(9)21-5(2)18;1-2-3-4;1-2-3;1-2/h3-17,28-36H,18-22H2,1-2H3;1-15,23-26,32H,16-19H2;6-10,19H,3H2,1-2H3;2H2,1H3;3H,2H2,1H3;/t28?,29-,30+,31+,32-,33+,34-,35-,36-;23?,24-,25+,26?;6-,7+,8+,9-,10-;;;/m100.../s1. The number of amides is 2. The first-order valence-electron chi connectivity index (χ1n) is 37.7. The van der Waals surface area contributed by atoms with Gasteiger partial charge in [-0.2, -0.15) is 0 Å². The lowest BCUT2D eigenvalue weighted by molar-refractivity contribution is -0.264. The van der Waals surface area contributed by atoms with Crippen molar-refractivity contribution in [3.8, 4) is 0 Å². The van der Waals surface area contributed by atoms with Crippen LogP contribution in [0.4, 0.5) is 23.1 Å². The molecule has 1 radical (unpaired) electrons. The molecule has 2 aliphatic carbocycles. The Hall–Kier alpha value is -12.8. The van der Waals surface area contributed by atoms with Gasteiger partial charge in [-0.15, -0.1) is 0 Å². The first-order chi connectivity index (χ1) is 58.1. The summed E-state index contributed by atoms with van der Waals surface area (Å²) in [7, 11) is 0.625. The molecule has 637 valence electrons. The zero-order valence-corrected chi connectivity index (χ0v) is 66.3. The largest absolute Gasteiger partial charge is 0.458 e. The molecular weight excluding hydrogens is 1570 g/mol. The van der Waals surface area contributed by atoms with Crippen LogP contribution in [0.1, 0.15) is 126 Å². The molecule has 10 rings (SSSR count). The molecule has 0 bridgehead atoms. The predicted octanol–water partition coefficient (Wildman–Crippen LogP) is 16.3. The number of hydrogen-bond acceptors (Lipinski definition) is 24. The number of azide groups is 6. The third kappa shape index (κ3) is 31.6. The molecule has 4 fully saturated rings. The Labute approximate surface area is 688 Å². The number of aliphatic hydroxyl groups excluding tert-OH is 3. The molecule has 0 spiro atoms. The quantitative estimate of drug-likeness (QED) is 0.0108. The molecule has 18 atom stereocenters. The number of esters is 4. The van der Waals surface area contributed by atoms with Crippen LogP contribution in [-0.2, 0) is 88.1 Å². The van der Waals surface area contributed by atoms with Crippen LogP contribution < -0.4 is 0 Å². The minimum Gasteiger partial charge on any atom is -0.458 e. The van der Waals surface area contributed by atoms with Gasteiger partial charge in [0.1, 0.15) is 37.6 Å². The first kappa shape index (κ1) is 97.8. The number of ether oxygens (including phenoxy) is 9. The number of carbonyl (C=O) groups is 6. The molecule has 3 unspecified atom stereocenters. The Morgan fingerprint density at radius 1 is 0.442 bits per heavy atom. The van der Waals surface area contributed by atoms with E-state index in [0.29, 0.717) is 39.7 Å². The minimum atomic E-state index is -1.44. The summed E-state index contributed by atoms with van der Waals surface area (Å²) in [6.07, 6.45) is -11.1. The molecule has 4 aliphatic rings. The molecule has 2 saturated heterocycles. The Morgan fingerprint density at radius 2 is 0.742 bits per heavy atom. The molecule has 0 aromatic heterocycles. The Morgan fingerprint density at radius 3 is 1.11 bits per heavy atom.